The number of carbonyl (C=O) groups is 1. The van der Waals surface area contributed by atoms with E-state index in [1.807, 2.05) is 0 Å². The number of hydrogen-bond acceptors (Lipinski definition) is 7. The van der Waals surface area contributed by atoms with E-state index in [4.69, 9.17) is 26.7 Å². The van der Waals surface area contributed by atoms with Crippen LogP contribution in [-0.4, -0.2) is 22.0 Å². The van der Waals surface area contributed by atoms with Crippen LogP contribution in [0.5, 0.6) is 11.5 Å². The highest BCUT2D eigenvalue weighted by molar-refractivity contribution is 5.78. The van der Waals surface area contributed by atoms with Gasteiger partial charge in [-0.2, -0.15) is 0 Å². The Morgan fingerprint density at radius 2 is 2.19 bits per heavy atom. The van der Waals surface area contributed by atoms with Gasteiger partial charge in [0, 0.05) is 37.2 Å². The molecule has 1 amide bonds. The number of nitrogen functional groups attached to an aromatic ring is 1. The highest BCUT2D eigenvalue weighted by atomic mass is 19.1. The number of aromatic nitrogens is 1. The van der Waals surface area contributed by atoms with Gasteiger partial charge in [-0.3, -0.25) is 4.90 Å². The first-order valence-electron chi connectivity index (χ1n) is 9.46. The number of halogens is 2. The molecule has 4 rings (SSSR count). The molecule has 1 saturated carbocycles. The topological polar surface area (TPSA) is 142 Å². The van der Waals surface area contributed by atoms with Gasteiger partial charge in [0.05, 0.1) is 12.1 Å². The minimum Gasteiger partial charge on any atom is -0.423 e. The summed E-state index contributed by atoms with van der Waals surface area (Å²) in [5.74, 6) is -1.78. The predicted octanol–water partition coefficient (Wildman–Crippen LogP) is 2.71. The number of carbonyl (C=O) groups excluding carboxylic acids is 1. The number of nitrogens with two attached hydrogens (primary N) is 3. The molecular formula is C20H22F2N6O3. The Labute approximate surface area is 177 Å². The number of amidine groups is 1. The van der Waals surface area contributed by atoms with Crippen LogP contribution in [0.15, 0.2) is 41.8 Å². The lowest BCUT2D eigenvalue weighted by atomic mass is 9.69. The van der Waals surface area contributed by atoms with E-state index in [9.17, 15) is 13.6 Å². The normalized spacial score (nSPS) is 17.4. The van der Waals surface area contributed by atoms with Crippen molar-refractivity contribution in [2.24, 2.45) is 16.5 Å². The Morgan fingerprint density at radius 1 is 1.42 bits per heavy atom. The first kappa shape index (κ1) is 20.4. The maximum absolute atomic E-state index is 14.8. The second-order valence-electron chi connectivity index (χ2n) is 7.20. The highest BCUT2D eigenvalue weighted by Crippen LogP contribution is 2.53. The lowest BCUT2D eigenvalue weighted by Crippen LogP contribution is -2.57. The number of amides is 1. The number of anilines is 1. The smallest absolute Gasteiger partial charge is 0.416 e. The molecule has 1 aliphatic carbocycles. The first-order valence-corrected chi connectivity index (χ1v) is 9.46. The molecule has 2 aromatic rings. The first-order chi connectivity index (χ1) is 14.9. The average Bonchev–Trinajstić information content (AvgIpc) is 2.70. The van der Waals surface area contributed by atoms with Crippen molar-refractivity contribution in [1.82, 2.24) is 9.88 Å². The van der Waals surface area contributed by atoms with Crippen LogP contribution in [-0.2, 0) is 12.1 Å². The van der Waals surface area contributed by atoms with E-state index in [-0.39, 0.29) is 36.9 Å². The summed E-state index contributed by atoms with van der Waals surface area (Å²) in [6.07, 6.45) is 4.94. The van der Waals surface area contributed by atoms with Crippen LogP contribution in [0.4, 0.5) is 19.4 Å². The van der Waals surface area contributed by atoms with E-state index in [1.54, 1.807) is 0 Å². The number of nitrogens with zero attached hydrogens (tertiary/aromatic N) is 3. The fraction of sp³-hybridized carbons (Fsp3) is 0.250. The number of fused-ring (bicyclic) bond motifs is 2. The molecule has 1 fully saturated rings. The van der Waals surface area contributed by atoms with Crippen LogP contribution >= 0.6 is 0 Å². The maximum Gasteiger partial charge on any atom is 0.416 e. The van der Waals surface area contributed by atoms with Crippen molar-refractivity contribution in [3.8, 4) is 11.5 Å². The molecule has 0 saturated heterocycles. The molecule has 0 bridgehead atoms. The zero-order valence-electron chi connectivity index (χ0n) is 16.3. The van der Waals surface area contributed by atoms with Crippen molar-refractivity contribution in [2.45, 2.75) is 31.3 Å². The highest BCUT2D eigenvalue weighted by Gasteiger charge is 2.52. The van der Waals surface area contributed by atoms with Crippen molar-refractivity contribution >= 4 is 17.9 Å². The molecule has 1 spiro atoms. The van der Waals surface area contributed by atoms with Crippen LogP contribution < -0.4 is 26.7 Å². The average molecular weight is 432 g/mol. The fourth-order valence-corrected chi connectivity index (χ4v) is 3.85. The fourth-order valence-electron chi connectivity index (χ4n) is 3.85. The van der Waals surface area contributed by atoms with E-state index in [2.05, 4.69) is 9.98 Å². The predicted molar refractivity (Wildman–Crippen MR) is 110 cm³/mol. The lowest BCUT2D eigenvalue weighted by Gasteiger charge is -2.52. The molecule has 1 aromatic carbocycles. The number of ether oxygens (including phenoxy) is 2. The van der Waals surface area contributed by atoms with Crippen molar-refractivity contribution < 1.29 is 24.5 Å². The summed E-state index contributed by atoms with van der Waals surface area (Å²) in [6.45, 7) is -0.0955. The second kappa shape index (κ2) is 7.74. The molecule has 1 aromatic heterocycles. The summed E-state index contributed by atoms with van der Waals surface area (Å²) in [7, 11) is 0. The number of hydrogen-bond donors (Lipinski definition) is 3. The summed E-state index contributed by atoms with van der Waals surface area (Å²) < 4.78 is 39.8. The largest absolute Gasteiger partial charge is 0.423 e. The van der Waals surface area contributed by atoms with Gasteiger partial charge >= 0.3 is 6.09 Å². The van der Waals surface area contributed by atoms with Gasteiger partial charge in [-0.1, -0.05) is 0 Å². The summed E-state index contributed by atoms with van der Waals surface area (Å²) in [6, 6.07) is 3.59. The van der Waals surface area contributed by atoms with E-state index >= 15 is 0 Å². The van der Waals surface area contributed by atoms with Crippen molar-refractivity contribution in [2.75, 3.05) is 5.73 Å². The molecule has 2 aliphatic rings. The van der Waals surface area contributed by atoms with Crippen LogP contribution in [0.3, 0.4) is 0 Å². The summed E-state index contributed by atoms with van der Waals surface area (Å²) in [5, 5.41) is 0. The van der Waals surface area contributed by atoms with Crippen LogP contribution in [0.1, 0.15) is 31.8 Å². The minimum absolute atomic E-state index is 0. The molecule has 9 nitrogen and oxygen atoms in total. The number of benzene rings is 1. The van der Waals surface area contributed by atoms with Crippen LogP contribution in [0.25, 0.3) is 0 Å². The molecule has 2 heterocycles. The zero-order valence-corrected chi connectivity index (χ0v) is 16.3. The van der Waals surface area contributed by atoms with Gasteiger partial charge in [0.25, 0.3) is 6.02 Å². The van der Waals surface area contributed by atoms with E-state index in [0.717, 1.165) is 12.6 Å². The summed E-state index contributed by atoms with van der Waals surface area (Å²) in [5.41, 5.74) is 16.1. The maximum atomic E-state index is 14.8. The standard InChI is InChI=1S/C20H20F2N6O3.H2/c21-13-8-12-14(9-15(13)30-18(25)27-7-5-23)31-19(29)28(20(12)3-1-4-20)10-11-2-6-26-17(24)16(11)22;/h2,5-9H,1,3-4,10,23H2,(H2,24,26)(H2,25,27);1H/b7-5-;. The van der Waals surface area contributed by atoms with Gasteiger partial charge < -0.3 is 26.7 Å². The van der Waals surface area contributed by atoms with Gasteiger partial charge in [0.2, 0.25) is 0 Å². The Morgan fingerprint density at radius 3 is 2.87 bits per heavy atom. The molecule has 0 atom stereocenters. The number of pyridine rings is 1. The van der Waals surface area contributed by atoms with Crippen LogP contribution in [0.2, 0.25) is 0 Å². The molecule has 6 N–H and O–H groups in total. The third-order valence-corrected chi connectivity index (χ3v) is 5.48. The molecular weight excluding hydrogens is 410 g/mol. The van der Waals surface area contributed by atoms with Gasteiger partial charge in [-0.15, -0.1) is 0 Å². The molecule has 164 valence electrons. The minimum atomic E-state index is -0.823. The zero-order chi connectivity index (χ0) is 22.2. The molecule has 0 radical (unpaired) electrons. The third-order valence-electron chi connectivity index (χ3n) is 5.48. The van der Waals surface area contributed by atoms with E-state index in [0.29, 0.717) is 18.4 Å². The molecule has 31 heavy (non-hydrogen) atoms. The van der Waals surface area contributed by atoms with Gasteiger partial charge in [0.1, 0.15) is 5.75 Å². The second-order valence-corrected chi connectivity index (χ2v) is 7.20. The Bertz CT molecular complexity index is 1110. The Balaban J connectivity index is 0.00000289. The number of rotatable bonds is 4. The monoisotopic (exact) mass is 432 g/mol. The van der Waals surface area contributed by atoms with E-state index in [1.165, 1.54) is 35.5 Å². The molecule has 1 aliphatic heterocycles. The summed E-state index contributed by atoms with van der Waals surface area (Å²) in [4.78, 5) is 21.6. The third kappa shape index (κ3) is 3.47. The van der Waals surface area contributed by atoms with Gasteiger partial charge in [-0.25, -0.2) is 23.6 Å². The Kier molecular flexibility index (Phi) is 5.09. The quantitative estimate of drug-likeness (QED) is 0.498. The van der Waals surface area contributed by atoms with Crippen molar-refractivity contribution in [1.29, 1.82) is 0 Å². The molecule has 11 heteroatoms. The van der Waals surface area contributed by atoms with Crippen molar-refractivity contribution in [3.05, 3.63) is 59.6 Å². The van der Waals surface area contributed by atoms with E-state index < -0.39 is 23.3 Å². The lowest BCUT2D eigenvalue weighted by molar-refractivity contribution is 0.000818. The SMILES string of the molecule is N/C=C\N=C(N)Oc1cc2c(cc1F)C1(CCC1)N(Cc1ccnc(N)c1F)C(=O)O2.[HH]. The van der Waals surface area contributed by atoms with Crippen LogP contribution in [0, 0.1) is 11.6 Å². The molecule has 0 unspecified atom stereocenters. The van der Waals surface area contributed by atoms with Gasteiger partial charge in [-0.05, 0) is 31.4 Å². The van der Waals surface area contributed by atoms with Crippen molar-refractivity contribution in [3.63, 3.8) is 0 Å². The Hall–Kier alpha value is -3.89. The van der Waals surface area contributed by atoms with Gasteiger partial charge in [0.15, 0.2) is 23.2 Å². The summed E-state index contributed by atoms with van der Waals surface area (Å²) >= 11 is 0. The number of aliphatic imine (C=N–C) groups is 1.